The second-order valence-electron chi connectivity index (χ2n) is 6.24. The third-order valence-corrected chi connectivity index (χ3v) is 9.22. The Hall–Kier alpha value is 0.0800. The smallest absolute Gasteiger partial charge is 0.338 e. The Bertz CT molecular complexity index is 405. The van der Waals surface area contributed by atoms with E-state index >= 15 is 0 Å². The molecule has 138 valence electrons. The van der Waals surface area contributed by atoms with Gasteiger partial charge in [0, 0.05) is 6.16 Å². The van der Waals surface area contributed by atoms with Crippen LogP contribution in [0.4, 0.5) is 0 Å². The van der Waals surface area contributed by atoms with E-state index in [0.29, 0.717) is 19.3 Å². The van der Waals surface area contributed by atoms with Crippen molar-refractivity contribution >= 4 is 15.0 Å². The standard InChI is InChI=1S/C16H34O5P2/c1-3-5-7-8-9-10-11-12-14-16(23(19,20)21)22(17,18)15-13-6-4-2/h4,16H,2-3,5-15H2,1H3,(H,17,18)(H2,19,20,21)/t16-/m1/s1. The predicted octanol–water partition coefficient (Wildman–Crippen LogP) is 5.26. The molecule has 0 amide bonds. The number of unbranched alkanes of at least 4 members (excludes halogenated alkanes) is 8. The zero-order valence-electron chi connectivity index (χ0n) is 14.4. The highest BCUT2D eigenvalue weighted by Crippen LogP contribution is 2.64. The van der Waals surface area contributed by atoms with E-state index in [4.69, 9.17) is 0 Å². The SMILES string of the molecule is C=CCCCP(=O)(O)[C@@H](CCCCCCCCCC)P(=O)(O)O. The number of allylic oxidation sites excluding steroid dienone is 1. The van der Waals surface area contributed by atoms with Crippen molar-refractivity contribution in [3.05, 3.63) is 12.7 Å². The maximum atomic E-state index is 12.3. The van der Waals surface area contributed by atoms with E-state index in [1.165, 1.54) is 25.7 Å². The van der Waals surface area contributed by atoms with E-state index in [-0.39, 0.29) is 12.6 Å². The van der Waals surface area contributed by atoms with Crippen LogP contribution in [0.5, 0.6) is 0 Å². The fraction of sp³-hybridized carbons (Fsp3) is 0.875. The summed E-state index contributed by atoms with van der Waals surface area (Å²) in [6, 6.07) is 0. The van der Waals surface area contributed by atoms with Gasteiger partial charge in [-0.15, -0.1) is 6.58 Å². The first-order valence-electron chi connectivity index (χ1n) is 8.73. The first-order chi connectivity index (χ1) is 10.8. The maximum Gasteiger partial charge on any atom is 0.338 e. The molecule has 7 heteroatoms. The summed E-state index contributed by atoms with van der Waals surface area (Å²) in [6.07, 6.45) is 11.2. The fourth-order valence-corrected chi connectivity index (χ4v) is 6.94. The minimum absolute atomic E-state index is 0.0498. The van der Waals surface area contributed by atoms with Crippen molar-refractivity contribution in [1.82, 2.24) is 0 Å². The molecule has 0 radical (unpaired) electrons. The van der Waals surface area contributed by atoms with Crippen molar-refractivity contribution in [2.24, 2.45) is 0 Å². The number of rotatable bonds is 15. The first kappa shape index (κ1) is 23.1. The highest BCUT2D eigenvalue weighted by atomic mass is 31.2. The molecular weight excluding hydrogens is 334 g/mol. The van der Waals surface area contributed by atoms with Crippen molar-refractivity contribution in [3.8, 4) is 0 Å². The first-order valence-corrected chi connectivity index (χ1v) is 12.3. The van der Waals surface area contributed by atoms with E-state index < -0.39 is 20.4 Å². The normalized spacial score (nSPS) is 16.0. The van der Waals surface area contributed by atoms with Gasteiger partial charge in [0.1, 0.15) is 5.40 Å². The molecule has 1 unspecified atom stereocenters. The van der Waals surface area contributed by atoms with Gasteiger partial charge in [-0.2, -0.15) is 0 Å². The molecule has 0 aromatic carbocycles. The zero-order chi connectivity index (χ0) is 17.8. The molecule has 0 aliphatic rings. The van der Waals surface area contributed by atoms with Crippen LogP contribution in [-0.4, -0.2) is 26.2 Å². The van der Waals surface area contributed by atoms with Crippen molar-refractivity contribution in [3.63, 3.8) is 0 Å². The van der Waals surface area contributed by atoms with Gasteiger partial charge in [0.2, 0.25) is 7.37 Å². The molecule has 0 aliphatic heterocycles. The lowest BCUT2D eigenvalue weighted by atomic mass is 10.1. The molecular formula is C16H34O5P2. The summed E-state index contributed by atoms with van der Waals surface area (Å²) in [5, 5.41) is -1.40. The largest absolute Gasteiger partial charge is 0.344 e. The Morgan fingerprint density at radius 1 is 0.913 bits per heavy atom. The summed E-state index contributed by atoms with van der Waals surface area (Å²) in [6.45, 7) is 5.72. The quantitative estimate of drug-likeness (QED) is 0.208. The molecule has 0 aromatic heterocycles. The Morgan fingerprint density at radius 2 is 1.43 bits per heavy atom. The Kier molecular flexibility index (Phi) is 12.5. The minimum Gasteiger partial charge on any atom is -0.344 e. The average Bonchev–Trinajstić information content (AvgIpc) is 2.44. The van der Waals surface area contributed by atoms with E-state index in [1.807, 2.05) is 0 Å². The topological polar surface area (TPSA) is 94.8 Å². The molecule has 0 heterocycles. The molecule has 5 nitrogen and oxygen atoms in total. The van der Waals surface area contributed by atoms with Crippen molar-refractivity contribution in [2.75, 3.05) is 6.16 Å². The van der Waals surface area contributed by atoms with Gasteiger partial charge in [0.05, 0.1) is 0 Å². The van der Waals surface area contributed by atoms with Crippen LogP contribution in [0.2, 0.25) is 0 Å². The monoisotopic (exact) mass is 368 g/mol. The van der Waals surface area contributed by atoms with Crippen molar-refractivity contribution in [1.29, 1.82) is 0 Å². The van der Waals surface area contributed by atoms with Gasteiger partial charge in [-0.1, -0.05) is 64.4 Å². The van der Waals surface area contributed by atoms with Gasteiger partial charge in [-0.25, -0.2) is 0 Å². The van der Waals surface area contributed by atoms with Crippen LogP contribution in [0, 0.1) is 0 Å². The molecule has 23 heavy (non-hydrogen) atoms. The van der Waals surface area contributed by atoms with Crippen LogP contribution in [0.3, 0.4) is 0 Å². The van der Waals surface area contributed by atoms with Gasteiger partial charge >= 0.3 is 7.60 Å². The highest BCUT2D eigenvalue weighted by molar-refractivity contribution is 7.73. The lowest BCUT2D eigenvalue weighted by Gasteiger charge is -2.24. The molecule has 0 saturated heterocycles. The minimum atomic E-state index is -4.56. The number of hydrogen-bond donors (Lipinski definition) is 3. The van der Waals surface area contributed by atoms with Gasteiger partial charge in [0.25, 0.3) is 0 Å². The molecule has 2 atom stereocenters. The van der Waals surface area contributed by atoms with Crippen LogP contribution in [0.15, 0.2) is 12.7 Å². The van der Waals surface area contributed by atoms with E-state index in [9.17, 15) is 23.8 Å². The van der Waals surface area contributed by atoms with Gasteiger partial charge in [-0.3, -0.25) is 9.13 Å². The van der Waals surface area contributed by atoms with Crippen LogP contribution >= 0.6 is 15.0 Å². The molecule has 0 fully saturated rings. The van der Waals surface area contributed by atoms with E-state index in [2.05, 4.69) is 13.5 Å². The van der Waals surface area contributed by atoms with Gasteiger partial charge in [-0.05, 0) is 19.3 Å². The van der Waals surface area contributed by atoms with E-state index in [0.717, 1.165) is 19.3 Å². The van der Waals surface area contributed by atoms with Crippen LogP contribution in [-0.2, 0) is 9.13 Å². The molecule has 0 rings (SSSR count). The molecule has 0 aliphatic carbocycles. The second kappa shape index (κ2) is 12.4. The fourth-order valence-electron chi connectivity index (χ4n) is 2.68. The molecule has 0 bridgehead atoms. The molecule has 3 N–H and O–H groups in total. The summed E-state index contributed by atoms with van der Waals surface area (Å²) in [5.74, 6) is 0. The third-order valence-electron chi connectivity index (χ3n) is 4.06. The maximum absolute atomic E-state index is 12.3. The van der Waals surface area contributed by atoms with Gasteiger partial charge in [0.15, 0.2) is 0 Å². The van der Waals surface area contributed by atoms with E-state index in [1.54, 1.807) is 6.08 Å². The lowest BCUT2D eigenvalue weighted by molar-refractivity contribution is 0.358. The predicted molar refractivity (Wildman–Crippen MR) is 97.2 cm³/mol. The summed E-state index contributed by atoms with van der Waals surface area (Å²) in [4.78, 5) is 28.9. The Balaban J connectivity index is 4.24. The van der Waals surface area contributed by atoms with Gasteiger partial charge < -0.3 is 14.7 Å². The third kappa shape index (κ3) is 11.3. The summed E-state index contributed by atoms with van der Waals surface area (Å²) < 4.78 is 23.9. The number of hydrogen-bond acceptors (Lipinski definition) is 2. The summed E-state index contributed by atoms with van der Waals surface area (Å²) in [7, 11) is -8.39. The van der Waals surface area contributed by atoms with Crippen LogP contribution in [0.25, 0.3) is 0 Å². The lowest BCUT2D eigenvalue weighted by Crippen LogP contribution is -2.12. The molecule has 0 saturated carbocycles. The second-order valence-corrected chi connectivity index (χ2v) is 11.0. The Morgan fingerprint density at radius 3 is 1.91 bits per heavy atom. The van der Waals surface area contributed by atoms with Crippen LogP contribution in [0.1, 0.15) is 77.6 Å². The van der Waals surface area contributed by atoms with Crippen molar-refractivity contribution < 1.29 is 23.8 Å². The Labute approximate surface area is 141 Å². The summed E-state index contributed by atoms with van der Waals surface area (Å²) >= 11 is 0. The van der Waals surface area contributed by atoms with Crippen LogP contribution < -0.4 is 0 Å². The average molecular weight is 368 g/mol. The summed E-state index contributed by atoms with van der Waals surface area (Å²) in [5.41, 5.74) is 0. The molecule has 0 aromatic rings. The highest BCUT2D eigenvalue weighted by Gasteiger charge is 2.42. The van der Waals surface area contributed by atoms with Crippen molar-refractivity contribution in [2.45, 2.75) is 83.0 Å². The molecule has 0 spiro atoms. The zero-order valence-corrected chi connectivity index (χ0v) is 16.2.